The zero-order valence-electron chi connectivity index (χ0n) is 10.5. The molecule has 0 spiro atoms. The lowest BCUT2D eigenvalue weighted by molar-refractivity contribution is -0.139. The Hall–Kier alpha value is -1.06. The van der Waals surface area contributed by atoms with Gasteiger partial charge in [0.05, 0.1) is 6.42 Å². The highest BCUT2D eigenvalue weighted by atomic mass is 16.4. The zero-order chi connectivity index (χ0) is 12.6. The standard InChI is InChI=1S/C12H23NO3/c1-4-8-13(9-7-11(14)15)12(16)10(5-2)6-3/h10H,4-9H2,1-3H3,(H,14,15). The number of aliphatic carboxylic acids is 1. The Kier molecular flexibility index (Phi) is 7.60. The Morgan fingerprint density at radius 1 is 1.12 bits per heavy atom. The number of carboxylic acids is 1. The third-order valence-corrected chi connectivity index (χ3v) is 2.74. The maximum atomic E-state index is 12.0. The molecule has 4 nitrogen and oxygen atoms in total. The van der Waals surface area contributed by atoms with Crippen molar-refractivity contribution in [2.24, 2.45) is 5.92 Å². The first-order valence-electron chi connectivity index (χ1n) is 6.07. The van der Waals surface area contributed by atoms with Gasteiger partial charge in [0.25, 0.3) is 0 Å². The fourth-order valence-electron chi connectivity index (χ4n) is 1.73. The van der Waals surface area contributed by atoms with Crippen molar-refractivity contribution >= 4 is 11.9 Å². The lowest BCUT2D eigenvalue weighted by atomic mass is 10.0. The van der Waals surface area contributed by atoms with Gasteiger partial charge in [-0.1, -0.05) is 20.8 Å². The summed E-state index contributed by atoms with van der Waals surface area (Å²) >= 11 is 0. The predicted octanol–water partition coefficient (Wildman–Crippen LogP) is 2.14. The molecule has 0 saturated carbocycles. The fourth-order valence-corrected chi connectivity index (χ4v) is 1.73. The first-order valence-corrected chi connectivity index (χ1v) is 6.07. The zero-order valence-corrected chi connectivity index (χ0v) is 10.5. The third-order valence-electron chi connectivity index (χ3n) is 2.74. The molecule has 4 heteroatoms. The summed E-state index contributed by atoms with van der Waals surface area (Å²) in [6.45, 7) is 6.97. The van der Waals surface area contributed by atoms with E-state index in [1.165, 1.54) is 0 Å². The maximum absolute atomic E-state index is 12.0. The number of carboxylic acid groups (broad SMARTS) is 1. The summed E-state index contributed by atoms with van der Waals surface area (Å²) in [5, 5.41) is 8.63. The molecule has 0 atom stereocenters. The Labute approximate surface area is 97.6 Å². The molecule has 0 fully saturated rings. The SMILES string of the molecule is CCCN(CCC(=O)O)C(=O)C(CC)CC. The van der Waals surface area contributed by atoms with Crippen molar-refractivity contribution in [3.63, 3.8) is 0 Å². The topological polar surface area (TPSA) is 57.6 Å². The molecule has 0 aliphatic rings. The first kappa shape index (κ1) is 14.9. The number of amides is 1. The van der Waals surface area contributed by atoms with Crippen molar-refractivity contribution in [2.45, 2.75) is 46.5 Å². The van der Waals surface area contributed by atoms with Crippen molar-refractivity contribution in [2.75, 3.05) is 13.1 Å². The molecule has 0 bridgehead atoms. The van der Waals surface area contributed by atoms with Crippen molar-refractivity contribution in [3.8, 4) is 0 Å². The number of hydrogen-bond donors (Lipinski definition) is 1. The van der Waals surface area contributed by atoms with Crippen LogP contribution in [0.1, 0.15) is 46.5 Å². The van der Waals surface area contributed by atoms with E-state index < -0.39 is 5.97 Å². The molecule has 0 aromatic heterocycles. The Morgan fingerprint density at radius 3 is 2.06 bits per heavy atom. The summed E-state index contributed by atoms with van der Waals surface area (Å²) in [6, 6.07) is 0. The summed E-state index contributed by atoms with van der Waals surface area (Å²) in [5.41, 5.74) is 0. The number of nitrogens with zero attached hydrogens (tertiary/aromatic N) is 1. The lowest BCUT2D eigenvalue weighted by Crippen LogP contribution is -2.37. The van der Waals surface area contributed by atoms with Gasteiger partial charge in [-0.25, -0.2) is 0 Å². The van der Waals surface area contributed by atoms with Crippen molar-refractivity contribution in [1.29, 1.82) is 0 Å². The molecule has 94 valence electrons. The van der Waals surface area contributed by atoms with Crippen LogP contribution in [0.3, 0.4) is 0 Å². The monoisotopic (exact) mass is 229 g/mol. The Bertz CT molecular complexity index is 224. The fraction of sp³-hybridized carbons (Fsp3) is 0.833. The van der Waals surface area contributed by atoms with Gasteiger partial charge in [0.15, 0.2) is 0 Å². The van der Waals surface area contributed by atoms with E-state index in [1.807, 2.05) is 20.8 Å². The second-order valence-electron chi connectivity index (χ2n) is 3.98. The van der Waals surface area contributed by atoms with E-state index in [0.29, 0.717) is 13.1 Å². The molecule has 0 aliphatic carbocycles. The molecule has 1 amide bonds. The van der Waals surface area contributed by atoms with Gasteiger partial charge in [0.1, 0.15) is 0 Å². The highest BCUT2D eigenvalue weighted by molar-refractivity contribution is 5.79. The third kappa shape index (κ3) is 5.14. The summed E-state index contributed by atoms with van der Waals surface area (Å²) < 4.78 is 0. The normalized spacial score (nSPS) is 10.5. The summed E-state index contributed by atoms with van der Waals surface area (Å²) in [4.78, 5) is 24.2. The molecule has 16 heavy (non-hydrogen) atoms. The van der Waals surface area contributed by atoms with Crippen LogP contribution in [0.25, 0.3) is 0 Å². The average molecular weight is 229 g/mol. The van der Waals surface area contributed by atoms with Crippen molar-refractivity contribution in [1.82, 2.24) is 4.90 Å². The van der Waals surface area contributed by atoms with Gasteiger partial charge >= 0.3 is 5.97 Å². The van der Waals surface area contributed by atoms with Gasteiger partial charge in [0.2, 0.25) is 5.91 Å². The maximum Gasteiger partial charge on any atom is 0.305 e. The average Bonchev–Trinajstić information content (AvgIpc) is 2.25. The van der Waals surface area contributed by atoms with Crippen LogP contribution >= 0.6 is 0 Å². The second kappa shape index (κ2) is 8.13. The van der Waals surface area contributed by atoms with Crippen LogP contribution in [-0.4, -0.2) is 35.0 Å². The number of carbonyl (C=O) groups is 2. The van der Waals surface area contributed by atoms with Crippen LogP contribution in [0.2, 0.25) is 0 Å². The van der Waals surface area contributed by atoms with Crippen molar-refractivity contribution in [3.05, 3.63) is 0 Å². The van der Waals surface area contributed by atoms with E-state index in [1.54, 1.807) is 4.90 Å². The van der Waals surface area contributed by atoms with E-state index in [0.717, 1.165) is 19.3 Å². The van der Waals surface area contributed by atoms with E-state index in [2.05, 4.69) is 0 Å². The summed E-state index contributed by atoms with van der Waals surface area (Å²) in [7, 11) is 0. The van der Waals surface area contributed by atoms with Gasteiger partial charge in [-0.15, -0.1) is 0 Å². The van der Waals surface area contributed by atoms with E-state index in [-0.39, 0.29) is 18.2 Å². The van der Waals surface area contributed by atoms with Crippen LogP contribution in [0.15, 0.2) is 0 Å². The summed E-state index contributed by atoms with van der Waals surface area (Å²) in [6.07, 6.45) is 2.54. The highest BCUT2D eigenvalue weighted by Gasteiger charge is 2.21. The number of carbonyl (C=O) groups excluding carboxylic acids is 1. The minimum Gasteiger partial charge on any atom is -0.481 e. The quantitative estimate of drug-likeness (QED) is 0.693. The van der Waals surface area contributed by atoms with E-state index >= 15 is 0 Å². The molecular weight excluding hydrogens is 206 g/mol. The first-order chi connectivity index (χ1) is 7.56. The molecule has 0 saturated heterocycles. The van der Waals surface area contributed by atoms with Crippen LogP contribution < -0.4 is 0 Å². The molecular formula is C12H23NO3. The molecule has 0 heterocycles. The molecule has 0 rings (SSSR count). The minimum absolute atomic E-state index is 0.0336. The smallest absolute Gasteiger partial charge is 0.305 e. The minimum atomic E-state index is -0.849. The van der Waals surface area contributed by atoms with Crippen molar-refractivity contribution < 1.29 is 14.7 Å². The second-order valence-corrected chi connectivity index (χ2v) is 3.98. The Balaban J connectivity index is 4.37. The van der Waals surface area contributed by atoms with Gasteiger partial charge < -0.3 is 10.0 Å². The number of hydrogen-bond acceptors (Lipinski definition) is 2. The molecule has 1 N–H and O–H groups in total. The van der Waals surface area contributed by atoms with Gasteiger partial charge in [0, 0.05) is 19.0 Å². The van der Waals surface area contributed by atoms with Crippen LogP contribution in [0.5, 0.6) is 0 Å². The van der Waals surface area contributed by atoms with Crippen LogP contribution in [-0.2, 0) is 9.59 Å². The van der Waals surface area contributed by atoms with Gasteiger partial charge in [-0.2, -0.15) is 0 Å². The highest BCUT2D eigenvalue weighted by Crippen LogP contribution is 2.12. The molecule has 0 radical (unpaired) electrons. The molecule has 0 aliphatic heterocycles. The molecule has 0 aromatic rings. The van der Waals surface area contributed by atoms with E-state index in [9.17, 15) is 9.59 Å². The molecule has 0 aromatic carbocycles. The predicted molar refractivity (Wildman–Crippen MR) is 63.2 cm³/mol. The summed E-state index contributed by atoms with van der Waals surface area (Å²) in [5.74, 6) is -0.702. The van der Waals surface area contributed by atoms with E-state index in [4.69, 9.17) is 5.11 Å². The molecule has 0 unspecified atom stereocenters. The lowest BCUT2D eigenvalue weighted by Gasteiger charge is -2.25. The number of rotatable bonds is 8. The van der Waals surface area contributed by atoms with Gasteiger partial charge in [-0.05, 0) is 19.3 Å². The Morgan fingerprint density at radius 2 is 1.69 bits per heavy atom. The van der Waals surface area contributed by atoms with Crippen LogP contribution in [0, 0.1) is 5.92 Å². The van der Waals surface area contributed by atoms with Gasteiger partial charge in [-0.3, -0.25) is 9.59 Å². The van der Waals surface area contributed by atoms with Crippen LogP contribution in [0.4, 0.5) is 0 Å². The largest absolute Gasteiger partial charge is 0.481 e.